The SMILES string of the molecule is CC(C)Oc1ccc(Cl)cc1C(=O)CCCCl. The minimum atomic E-state index is 0.0174. The number of ether oxygens (including phenoxy) is 1. The van der Waals surface area contributed by atoms with Crippen LogP contribution in [0.15, 0.2) is 18.2 Å². The van der Waals surface area contributed by atoms with Crippen LogP contribution in [0.5, 0.6) is 5.75 Å². The van der Waals surface area contributed by atoms with Crippen LogP contribution in [0.2, 0.25) is 5.02 Å². The third-order valence-electron chi connectivity index (χ3n) is 2.14. The van der Waals surface area contributed by atoms with Crippen molar-refractivity contribution in [2.45, 2.75) is 32.8 Å². The van der Waals surface area contributed by atoms with Crippen molar-refractivity contribution in [2.24, 2.45) is 0 Å². The molecule has 0 saturated carbocycles. The Morgan fingerprint density at radius 2 is 2.12 bits per heavy atom. The van der Waals surface area contributed by atoms with Crippen molar-refractivity contribution in [3.63, 3.8) is 0 Å². The molecular formula is C13H16Cl2O2. The minimum Gasteiger partial charge on any atom is -0.490 e. The lowest BCUT2D eigenvalue weighted by Crippen LogP contribution is -2.10. The Morgan fingerprint density at radius 3 is 2.71 bits per heavy atom. The van der Waals surface area contributed by atoms with Gasteiger partial charge in [-0.2, -0.15) is 0 Å². The highest BCUT2D eigenvalue weighted by atomic mass is 35.5. The van der Waals surface area contributed by atoms with Crippen LogP contribution in [0.3, 0.4) is 0 Å². The summed E-state index contributed by atoms with van der Waals surface area (Å²) in [4.78, 5) is 12.0. The molecule has 0 spiro atoms. The Labute approximate surface area is 112 Å². The second-order valence-corrected chi connectivity index (χ2v) is 4.84. The van der Waals surface area contributed by atoms with Crippen molar-refractivity contribution in [1.29, 1.82) is 0 Å². The summed E-state index contributed by atoms with van der Waals surface area (Å²) in [6.07, 6.45) is 1.10. The molecule has 0 fully saturated rings. The van der Waals surface area contributed by atoms with E-state index in [2.05, 4.69) is 0 Å². The standard InChI is InChI=1S/C13H16Cl2O2/c1-9(2)17-13-6-5-10(15)8-11(13)12(16)4-3-7-14/h5-6,8-9H,3-4,7H2,1-2H3. The van der Waals surface area contributed by atoms with E-state index in [1.165, 1.54) is 0 Å². The number of halogens is 2. The zero-order chi connectivity index (χ0) is 12.8. The van der Waals surface area contributed by atoms with Gasteiger partial charge in [-0.3, -0.25) is 4.79 Å². The molecule has 0 aliphatic heterocycles. The zero-order valence-corrected chi connectivity index (χ0v) is 11.5. The molecule has 94 valence electrons. The maximum absolute atomic E-state index is 12.0. The quantitative estimate of drug-likeness (QED) is 0.570. The third-order valence-corrected chi connectivity index (χ3v) is 2.64. The van der Waals surface area contributed by atoms with Gasteiger partial charge in [0.1, 0.15) is 5.75 Å². The fourth-order valence-electron chi connectivity index (χ4n) is 1.44. The van der Waals surface area contributed by atoms with Gasteiger partial charge in [-0.1, -0.05) is 11.6 Å². The second-order valence-electron chi connectivity index (χ2n) is 4.02. The van der Waals surface area contributed by atoms with Crippen molar-refractivity contribution < 1.29 is 9.53 Å². The Balaban J connectivity index is 2.93. The minimum absolute atomic E-state index is 0.0174. The largest absolute Gasteiger partial charge is 0.490 e. The van der Waals surface area contributed by atoms with Crippen molar-refractivity contribution in [3.8, 4) is 5.75 Å². The molecule has 1 aromatic rings. The predicted molar refractivity (Wildman–Crippen MR) is 71.5 cm³/mol. The van der Waals surface area contributed by atoms with Gasteiger partial charge in [0.2, 0.25) is 0 Å². The van der Waals surface area contributed by atoms with Crippen LogP contribution in [0.4, 0.5) is 0 Å². The van der Waals surface area contributed by atoms with E-state index in [0.717, 1.165) is 0 Å². The number of ketones is 1. The highest BCUT2D eigenvalue weighted by Crippen LogP contribution is 2.25. The summed E-state index contributed by atoms with van der Waals surface area (Å²) in [6.45, 7) is 3.84. The maximum atomic E-state index is 12.0. The molecule has 17 heavy (non-hydrogen) atoms. The molecule has 0 atom stereocenters. The molecule has 0 unspecified atom stereocenters. The average molecular weight is 275 g/mol. The number of rotatable bonds is 6. The first kappa shape index (κ1) is 14.3. The van der Waals surface area contributed by atoms with Crippen LogP contribution in [0.1, 0.15) is 37.0 Å². The topological polar surface area (TPSA) is 26.3 Å². The first-order chi connectivity index (χ1) is 8.04. The number of alkyl halides is 1. The van der Waals surface area contributed by atoms with Crippen LogP contribution >= 0.6 is 23.2 Å². The second kappa shape index (κ2) is 6.87. The number of Topliss-reactive ketones (excluding diaryl/α,β-unsaturated/α-hetero) is 1. The Kier molecular flexibility index (Phi) is 5.79. The number of carbonyl (C=O) groups excluding carboxylic acids is 1. The maximum Gasteiger partial charge on any atom is 0.166 e. The van der Waals surface area contributed by atoms with E-state index >= 15 is 0 Å². The summed E-state index contributed by atoms with van der Waals surface area (Å²) in [7, 11) is 0. The molecule has 0 amide bonds. The summed E-state index contributed by atoms with van der Waals surface area (Å²) in [5.74, 6) is 1.08. The lowest BCUT2D eigenvalue weighted by molar-refractivity contribution is 0.0976. The smallest absolute Gasteiger partial charge is 0.166 e. The summed E-state index contributed by atoms with van der Waals surface area (Å²) in [6, 6.07) is 5.10. The van der Waals surface area contributed by atoms with E-state index < -0.39 is 0 Å². The van der Waals surface area contributed by atoms with Gasteiger partial charge in [0, 0.05) is 17.3 Å². The van der Waals surface area contributed by atoms with Crippen LogP contribution in [-0.2, 0) is 0 Å². The van der Waals surface area contributed by atoms with Gasteiger partial charge in [-0.25, -0.2) is 0 Å². The zero-order valence-electron chi connectivity index (χ0n) is 10.0. The van der Waals surface area contributed by atoms with Crippen molar-refractivity contribution in [1.82, 2.24) is 0 Å². The number of carbonyl (C=O) groups is 1. The van der Waals surface area contributed by atoms with Gasteiger partial charge in [-0.15, -0.1) is 11.6 Å². The highest BCUT2D eigenvalue weighted by molar-refractivity contribution is 6.31. The van der Waals surface area contributed by atoms with Crippen LogP contribution in [-0.4, -0.2) is 17.8 Å². The van der Waals surface area contributed by atoms with E-state index in [0.29, 0.717) is 35.1 Å². The van der Waals surface area contributed by atoms with Gasteiger partial charge >= 0.3 is 0 Å². The van der Waals surface area contributed by atoms with Crippen LogP contribution < -0.4 is 4.74 Å². The van der Waals surface area contributed by atoms with E-state index in [4.69, 9.17) is 27.9 Å². The van der Waals surface area contributed by atoms with Gasteiger partial charge in [0.25, 0.3) is 0 Å². The molecule has 2 nitrogen and oxygen atoms in total. The Morgan fingerprint density at radius 1 is 1.41 bits per heavy atom. The molecule has 0 aromatic heterocycles. The lowest BCUT2D eigenvalue weighted by atomic mass is 10.1. The van der Waals surface area contributed by atoms with Gasteiger partial charge in [-0.05, 0) is 38.5 Å². The summed E-state index contributed by atoms with van der Waals surface area (Å²) in [5.41, 5.74) is 0.538. The van der Waals surface area contributed by atoms with Gasteiger partial charge in [0.05, 0.1) is 11.7 Å². The first-order valence-electron chi connectivity index (χ1n) is 5.60. The number of benzene rings is 1. The van der Waals surface area contributed by atoms with E-state index in [1.54, 1.807) is 18.2 Å². The Bertz CT molecular complexity index is 389. The highest BCUT2D eigenvalue weighted by Gasteiger charge is 2.13. The summed E-state index contributed by atoms with van der Waals surface area (Å²) in [5, 5.41) is 0.537. The lowest BCUT2D eigenvalue weighted by Gasteiger charge is -2.13. The first-order valence-corrected chi connectivity index (χ1v) is 6.51. The molecule has 4 heteroatoms. The molecule has 1 aromatic carbocycles. The average Bonchev–Trinajstić information content (AvgIpc) is 2.27. The van der Waals surface area contributed by atoms with Gasteiger partial charge < -0.3 is 4.74 Å². The van der Waals surface area contributed by atoms with Crippen molar-refractivity contribution in [2.75, 3.05) is 5.88 Å². The monoisotopic (exact) mass is 274 g/mol. The molecule has 0 aliphatic rings. The molecule has 0 N–H and O–H groups in total. The Hall–Kier alpha value is -0.730. The number of hydrogen-bond donors (Lipinski definition) is 0. The fraction of sp³-hybridized carbons (Fsp3) is 0.462. The molecule has 1 rings (SSSR count). The summed E-state index contributed by atoms with van der Waals surface area (Å²) < 4.78 is 5.59. The molecule has 0 saturated heterocycles. The van der Waals surface area contributed by atoms with Gasteiger partial charge in [0.15, 0.2) is 5.78 Å². The van der Waals surface area contributed by atoms with E-state index in [9.17, 15) is 4.79 Å². The van der Waals surface area contributed by atoms with Crippen molar-refractivity contribution in [3.05, 3.63) is 28.8 Å². The molecule has 0 bridgehead atoms. The van der Waals surface area contributed by atoms with E-state index in [-0.39, 0.29) is 11.9 Å². The third kappa shape index (κ3) is 4.57. The normalized spacial score (nSPS) is 10.6. The predicted octanol–water partition coefficient (Wildman–Crippen LogP) is 4.33. The van der Waals surface area contributed by atoms with Crippen LogP contribution in [0, 0.1) is 0 Å². The van der Waals surface area contributed by atoms with Crippen LogP contribution in [0.25, 0.3) is 0 Å². The summed E-state index contributed by atoms with van der Waals surface area (Å²) >= 11 is 11.5. The van der Waals surface area contributed by atoms with E-state index in [1.807, 2.05) is 13.8 Å². The molecular weight excluding hydrogens is 259 g/mol. The molecule has 0 heterocycles. The molecule has 0 radical (unpaired) electrons. The number of hydrogen-bond acceptors (Lipinski definition) is 2. The van der Waals surface area contributed by atoms with Crippen molar-refractivity contribution >= 4 is 29.0 Å². The molecule has 0 aliphatic carbocycles. The fourth-order valence-corrected chi connectivity index (χ4v) is 1.74.